The summed E-state index contributed by atoms with van der Waals surface area (Å²) in [4.78, 5) is 6.37. The van der Waals surface area contributed by atoms with Crippen molar-refractivity contribution in [1.82, 2.24) is 19.7 Å². The zero-order chi connectivity index (χ0) is 14.5. The van der Waals surface area contributed by atoms with Crippen molar-refractivity contribution in [3.63, 3.8) is 0 Å². The molecule has 1 unspecified atom stereocenters. The second-order valence-electron chi connectivity index (χ2n) is 5.27. The fourth-order valence-electron chi connectivity index (χ4n) is 2.62. The Bertz CT molecular complexity index is 561. The zero-order valence-electron chi connectivity index (χ0n) is 11.9. The van der Waals surface area contributed by atoms with Gasteiger partial charge in [-0.05, 0) is 31.5 Å². The normalized spacial score (nSPS) is 19.6. The van der Waals surface area contributed by atoms with Crippen molar-refractivity contribution in [1.29, 1.82) is 0 Å². The molecule has 1 saturated heterocycles. The molecule has 2 aromatic rings. The lowest BCUT2D eigenvalue weighted by Crippen LogP contribution is -2.42. The van der Waals surface area contributed by atoms with Gasteiger partial charge in [0.05, 0.1) is 11.6 Å². The summed E-state index contributed by atoms with van der Waals surface area (Å²) in [6, 6.07) is 7.66. The average molecular weight is 307 g/mol. The number of ether oxygens (including phenoxy) is 1. The molecule has 0 radical (unpaired) electrons. The van der Waals surface area contributed by atoms with Gasteiger partial charge in [0.25, 0.3) is 0 Å². The van der Waals surface area contributed by atoms with Crippen LogP contribution < -0.4 is 4.74 Å². The minimum Gasteiger partial charge on any atom is -0.488 e. The predicted molar refractivity (Wildman–Crippen MR) is 81.6 cm³/mol. The first-order valence-corrected chi connectivity index (χ1v) is 7.65. The summed E-state index contributed by atoms with van der Waals surface area (Å²) in [5.41, 5.74) is 0. The van der Waals surface area contributed by atoms with E-state index in [0.717, 1.165) is 44.8 Å². The number of halogens is 1. The lowest BCUT2D eigenvalue weighted by atomic mass is 10.1. The number of nitrogens with zero attached hydrogens (tertiary/aromatic N) is 4. The lowest BCUT2D eigenvalue weighted by molar-refractivity contribution is 0.0858. The van der Waals surface area contributed by atoms with Crippen LogP contribution in [-0.4, -0.2) is 45.4 Å². The number of rotatable bonds is 5. The van der Waals surface area contributed by atoms with E-state index in [-0.39, 0.29) is 6.10 Å². The summed E-state index contributed by atoms with van der Waals surface area (Å²) in [5, 5.41) is 4.81. The third-order valence-corrected chi connectivity index (χ3v) is 4.02. The van der Waals surface area contributed by atoms with E-state index in [9.17, 15) is 0 Å². The second kappa shape index (κ2) is 6.91. The Hall–Kier alpha value is -1.59. The number of aromatic nitrogens is 3. The molecule has 2 heterocycles. The van der Waals surface area contributed by atoms with Crippen LogP contribution >= 0.6 is 11.6 Å². The number of benzene rings is 1. The van der Waals surface area contributed by atoms with Crippen LogP contribution in [0, 0.1) is 0 Å². The Morgan fingerprint density at radius 1 is 1.29 bits per heavy atom. The summed E-state index contributed by atoms with van der Waals surface area (Å²) in [6.45, 7) is 3.86. The highest BCUT2D eigenvalue weighted by atomic mass is 35.5. The van der Waals surface area contributed by atoms with Crippen LogP contribution in [0.15, 0.2) is 36.9 Å². The highest BCUT2D eigenvalue weighted by molar-refractivity contribution is 6.32. The zero-order valence-corrected chi connectivity index (χ0v) is 12.6. The molecule has 1 aromatic heterocycles. The molecule has 0 aliphatic carbocycles. The summed E-state index contributed by atoms with van der Waals surface area (Å²) < 4.78 is 7.90. The topological polar surface area (TPSA) is 43.2 Å². The monoisotopic (exact) mass is 306 g/mol. The van der Waals surface area contributed by atoms with Gasteiger partial charge < -0.3 is 4.74 Å². The quantitative estimate of drug-likeness (QED) is 0.851. The molecule has 0 amide bonds. The van der Waals surface area contributed by atoms with Gasteiger partial charge in [-0.25, -0.2) is 4.98 Å². The molecule has 0 bridgehead atoms. The first-order valence-electron chi connectivity index (χ1n) is 7.27. The van der Waals surface area contributed by atoms with Crippen molar-refractivity contribution in [2.24, 2.45) is 0 Å². The number of para-hydroxylation sites is 1. The maximum Gasteiger partial charge on any atom is 0.138 e. The minimum absolute atomic E-state index is 0.203. The molecule has 1 aliphatic rings. The SMILES string of the molecule is Clc1ccccc1OC1CCCN(CCn2cncn2)C1. The average Bonchev–Trinajstić information content (AvgIpc) is 3.01. The van der Waals surface area contributed by atoms with Crippen LogP contribution in [0.1, 0.15) is 12.8 Å². The van der Waals surface area contributed by atoms with Crippen LogP contribution in [0.4, 0.5) is 0 Å². The smallest absolute Gasteiger partial charge is 0.138 e. The van der Waals surface area contributed by atoms with E-state index in [1.165, 1.54) is 0 Å². The molecule has 1 aliphatic heterocycles. The summed E-state index contributed by atoms with van der Waals surface area (Å²) in [6.07, 6.45) is 5.74. The van der Waals surface area contributed by atoms with Crippen LogP contribution in [0.5, 0.6) is 5.75 Å². The van der Waals surface area contributed by atoms with Crippen molar-refractivity contribution >= 4 is 11.6 Å². The van der Waals surface area contributed by atoms with Crippen LogP contribution in [0.25, 0.3) is 0 Å². The van der Waals surface area contributed by atoms with E-state index in [0.29, 0.717) is 5.02 Å². The molecule has 21 heavy (non-hydrogen) atoms. The Balaban J connectivity index is 1.52. The largest absolute Gasteiger partial charge is 0.488 e. The van der Waals surface area contributed by atoms with E-state index in [2.05, 4.69) is 15.0 Å². The highest BCUT2D eigenvalue weighted by Gasteiger charge is 2.21. The Labute approximate surface area is 129 Å². The Morgan fingerprint density at radius 3 is 3.00 bits per heavy atom. The second-order valence-corrected chi connectivity index (χ2v) is 5.68. The maximum atomic E-state index is 6.15. The van der Waals surface area contributed by atoms with E-state index in [1.807, 2.05) is 28.9 Å². The standard InChI is InChI=1S/C15H19ClN4O/c16-14-5-1-2-6-15(14)21-13-4-3-7-19(10-13)8-9-20-12-17-11-18-20/h1-2,5-6,11-13H,3-4,7-10H2. The van der Waals surface area contributed by atoms with Gasteiger partial charge in [0.15, 0.2) is 0 Å². The van der Waals surface area contributed by atoms with Crippen molar-refractivity contribution in [3.8, 4) is 5.75 Å². The Kier molecular flexibility index (Phi) is 4.72. The van der Waals surface area contributed by atoms with Gasteiger partial charge >= 0.3 is 0 Å². The van der Waals surface area contributed by atoms with Crippen LogP contribution in [-0.2, 0) is 6.54 Å². The van der Waals surface area contributed by atoms with Crippen molar-refractivity contribution in [2.45, 2.75) is 25.5 Å². The van der Waals surface area contributed by atoms with Crippen molar-refractivity contribution in [3.05, 3.63) is 41.9 Å². The van der Waals surface area contributed by atoms with E-state index < -0.39 is 0 Å². The molecular weight excluding hydrogens is 288 g/mol. The van der Waals surface area contributed by atoms with E-state index >= 15 is 0 Å². The highest BCUT2D eigenvalue weighted by Crippen LogP contribution is 2.26. The van der Waals surface area contributed by atoms with Gasteiger partial charge in [-0.1, -0.05) is 23.7 Å². The van der Waals surface area contributed by atoms with Gasteiger partial charge in [0, 0.05) is 13.1 Å². The fourth-order valence-corrected chi connectivity index (χ4v) is 2.80. The van der Waals surface area contributed by atoms with Crippen molar-refractivity contribution < 1.29 is 4.74 Å². The molecule has 5 nitrogen and oxygen atoms in total. The summed E-state index contributed by atoms with van der Waals surface area (Å²) in [5.74, 6) is 0.780. The maximum absolute atomic E-state index is 6.15. The van der Waals surface area contributed by atoms with Gasteiger partial charge in [0.1, 0.15) is 24.5 Å². The van der Waals surface area contributed by atoms with E-state index in [1.54, 1.807) is 12.7 Å². The van der Waals surface area contributed by atoms with Crippen LogP contribution in [0.2, 0.25) is 5.02 Å². The van der Waals surface area contributed by atoms with Gasteiger partial charge in [0.2, 0.25) is 0 Å². The number of piperidine rings is 1. The number of likely N-dealkylation sites (tertiary alicyclic amines) is 1. The molecular formula is C15H19ClN4O. The third-order valence-electron chi connectivity index (χ3n) is 3.70. The van der Waals surface area contributed by atoms with Gasteiger partial charge in [-0.3, -0.25) is 9.58 Å². The number of hydrogen-bond donors (Lipinski definition) is 0. The van der Waals surface area contributed by atoms with Crippen molar-refractivity contribution in [2.75, 3.05) is 19.6 Å². The molecule has 6 heteroatoms. The van der Waals surface area contributed by atoms with Gasteiger partial charge in [-0.2, -0.15) is 5.10 Å². The Morgan fingerprint density at radius 2 is 2.19 bits per heavy atom. The fraction of sp³-hybridized carbons (Fsp3) is 0.467. The summed E-state index contributed by atoms with van der Waals surface area (Å²) in [7, 11) is 0. The predicted octanol–water partition coefficient (Wildman–Crippen LogP) is 2.47. The van der Waals surface area contributed by atoms with E-state index in [4.69, 9.17) is 16.3 Å². The van der Waals surface area contributed by atoms with Gasteiger partial charge in [-0.15, -0.1) is 0 Å². The summed E-state index contributed by atoms with van der Waals surface area (Å²) >= 11 is 6.15. The third kappa shape index (κ3) is 3.95. The molecule has 1 fully saturated rings. The molecule has 0 N–H and O–H groups in total. The molecule has 0 spiro atoms. The molecule has 0 saturated carbocycles. The molecule has 112 valence electrons. The molecule has 1 aromatic carbocycles. The lowest BCUT2D eigenvalue weighted by Gasteiger charge is -2.32. The molecule has 1 atom stereocenters. The number of hydrogen-bond acceptors (Lipinski definition) is 4. The molecule has 3 rings (SSSR count). The van der Waals surface area contributed by atoms with Crippen LogP contribution in [0.3, 0.4) is 0 Å². The minimum atomic E-state index is 0.203. The first-order chi connectivity index (χ1) is 10.3. The first kappa shape index (κ1) is 14.4.